The van der Waals surface area contributed by atoms with Crippen LogP contribution in [0, 0.1) is 24.2 Å². The molecule has 1 rings (SSSR count). The number of amides is 1. The molecule has 0 radical (unpaired) electrons. The predicted molar refractivity (Wildman–Crippen MR) is 72.5 cm³/mol. The minimum atomic E-state index is -0.379. The minimum absolute atomic E-state index is 0.0707. The summed E-state index contributed by atoms with van der Waals surface area (Å²) < 4.78 is 4.10. The van der Waals surface area contributed by atoms with Gasteiger partial charge >= 0.3 is 0 Å². The average molecular weight is 266 g/mol. The molecule has 1 amide bonds. The first-order valence-electron chi connectivity index (χ1n) is 5.86. The maximum absolute atomic E-state index is 11.8. The van der Waals surface area contributed by atoms with Crippen molar-refractivity contribution in [2.24, 2.45) is 5.92 Å². The zero-order chi connectivity index (χ0) is 13.7. The lowest BCUT2D eigenvalue weighted by atomic mass is 10.2. The van der Waals surface area contributed by atoms with Gasteiger partial charge in [0.25, 0.3) is 0 Å². The van der Waals surface area contributed by atoms with E-state index in [0.717, 1.165) is 0 Å². The number of hydrogen-bond acceptors (Lipinski definition) is 5. The van der Waals surface area contributed by atoms with E-state index in [0.29, 0.717) is 28.7 Å². The summed E-state index contributed by atoms with van der Waals surface area (Å²) in [7, 11) is 0. The molecule has 6 heteroatoms. The van der Waals surface area contributed by atoms with Crippen molar-refractivity contribution >= 4 is 22.4 Å². The van der Waals surface area contributed by atoms with Gasteiger partial charge in [-0.3, -0.25) is 4.79 Å². The lowest BCUT2D eigenvalue weighted by molar-refractivity contribution is -0.121. The summed E-state index contributed by atoms with van der Waals surface area (Å²) in [6.07, 6.45) is 0. The van der Waals surface area contributed by atoms with Crippen LogP contribution in [0.5, 0.6) is 0 Å². The van der Waals surface area contributed by atoms with E-state index in [1.165, 1.54) is 11.5 Å². The summed E-state index contributed by atoms with van der Waals surface area (Å²) in [4.78, 5) is 11.8. The quantitative estimate of drug-likeness (QED) is 0.853. The van der Waals surface area contributed by atoms with Gasteiger partial charge in [-0.15, -0.1) is 0 Å². The van der Waals surface area contributed by atoms with Crippen molar-refractivity contribution in [3.05, 3.63) is 11.3 Å². The molecule has 1 aromatic heterocycles. The molecule has 0 aromatic carbocycles. The number of nitriles is 1. The molecular weight excluding hydrogens is 248 g/mol. The smallest absolute Gasteiger partial charge is 0.242 e. The fraction of sp³-hybridized carbons (Fsp3) is 0.583. The topological polar surface area (TPSA) is 77.8 Å². The van der Waals surface area contributed by atoms with Gasteiger partial charge in [0.2, 0.25) is 5.91 Å². The molecular formula is C12H18N4OS. The fourth-order valence-electron chi connectivity index (χ4n) is 1.32. The van der Waals surface area contributed by atoms with Gasteiger partial charge in [0.1, 0.15) is 22.7 Å². The second kappa shape index (κ2) is 6.36. The normalized spacial score (nSPS) is 12.0. The summed E-state index contributed by atoms with van der Waals surface area (Å²) in [5, 5.41) is 15.5. The third-order valence-electron chi connectivity index (χ3n) is 2.40. The van der Waals surface area contributed by atoms with Gasteiger partial charge in [0.05, 0.1) is 5.69 Å². The largest absolute Gasteiger partial charge is 0.363 e. The molecule has 1 atom stereocenters. The van der Waals surface area contributed by atoms with Crippen LogP contribution >= 0.6 is 11.5 Å². The van der Waals surface area contributed by atoms with Gasteiger partial charge in [-0.05, 0) is 31.3 Å². The summed E-state index contributed by atoms with van der Waals surface area (Å²) in [6.45, 7) is 8.28. The lowest BCUT2D eigenvalue weighted by Crippen LogP contribution is -2.39. The molecule has 98 valence electrons. The molecule has 0 saturated carbocycles. The Hall–Kier alpha value is -1.61. The first-order chi connectivity index (χ1) is 8.45. The minimum Gasteiger partial charge on any atom is -0.363 e. The summed E-state index contributed by atoms with van der Waals surface area (Å²) in [6, 6.07) is 1.71. The third-order valence-corrected chi connectivity index (χ3v) is 3.27. The van der Waals surface area contributed by atoms with E-state index in [1.54, 1.807) is 13.8 Å². The van der Waals surface area contributed by atoms with Crippen LogP contribution in [0.3, 0.4) is 0 Å². The van der Waals surface area contributed by atoms with Crippen LogP contribution in [0.2, 0.25) is 0 Å². The van der Waals surface area contributed by atoms with Gasteiger partial charge in [0.15, 0.2) is 0 Å². The van der Waals surface area contributed by atoms with Crippen molar-refractivity contribution in [1.82, 2.24) is 9.69 Å². The number of nitrogens with zero attached hydrogens (tertiary/aromatic N) is 2. The zero-order valence-corrected chi connectivity index (χ0v) is 11.9. The maximum Gasteiger partial charge on any atom is 0.242 e. The Morgan fingerprint density at radius 3 is 2.72 bits per heavy atom. The van der Waals surface area contributed by atoms with E-state index in [2.05, 4.69) is 21.1 Å². The Morgan fingerprint density at radius 1 is 1.50 bits per heavy atom. The average Bonchev–Trinajstić information content (AvgIpc) is 2.66. The van der Waals surface area contributed by atoms with Gasteiger partial charge in [-0.25, -0.2) is 0 Å². The van der Waals surface area contributed by atoms with Crippen molar-refractivity contribution in [1.29, 1.82) is 5.26 Å². The molecule has 0 fully saturated rings. The molecule has 1 aromatic rings. The molecule has 0 aliphatic heterocycles. The van der Waals surface area contributed by atoms with E-state index in [9.17, 15) is 4.79 Å². The second-order valence-corrected chi connectivity index (χ2v) is 5.36. The Morgan fingerprint density at radius 2 is 2.17 bits per heavy atom. The van der Waals surface area contributed by atoms with Crippen LogP contribution < -0.4 is 10.6 Å². The molecule has 0 aliphatic rings. The molecule has 0 saturated heterocycles. The van der Waals surface area contributed by atoms with E-state index in [-0.39, 0.29) is 11.9 Å². The molecule has 1 unspecified atom stereocenters. The number of nitrogens with one attached hydrogen (secondary N) is 2. The highest BCUT2D eigenvalue weighted by atomic mass is 32.1. The summed E-state index contributed by atoms with van der Waals surface area (Å²) >= 11 is 1.21. The summed E-state index contributed by atoms with van der Waals surface area (Å²) in [5.74, 6) is 0.347. The van der Waals surface area contributed by atoms with Gasteiger partial charge in [-0.2, -0.15) is 9.64 Å². The van der Waals surface area contributed by atoms with Crippen LogP contribution in [0.15, 0.2) is 0 Å². The van der Waals surface area contributed by atoms with Crippen LogP contribution in [-0.4, -0.2) is 22.9 Å². The van der Waals surface area contributed by atoms with Crippen molar-refractivity contribution < 1.29 is 4.79 Å². The number of anilines is 1. The SMILES string of the molecule is Cc1nsc(NC(C)C(=O)NCC(C)C)c1C#N. The van der Waals surface area contributed by atoms with E-state index in [1.807, 2.05) is 13.8 Å². The monoisotopic (exact) mass is 266 g/mol. The molecule has 0 spiro atoms. The number of carbonyl (C=O) groups is 1. The van der Waals surface area contributed by atoms with Gasteiger partial charge in [0, 0.05) is 6.54 Å². The summed E-state index contributed by atoms with van der Waals surface area (Å²) in [5.41, 5.74) is 1.21. The number of aromatic nitrogens is 1. The maximum atomic E-state index is 11.8. The highest BCUT2D eigenvalue weighted by Gasteiger charge is 2.17. The lowest BCUT2D eigenvalue weighted by Gasteiger charge is -2.15. The van der Waals surface area contributed by atoms with Crippen molar-refractivity contribution in [2.75, 3.05) is 11.9 Å². The Labute approximate surface area is 111 Å². The van der Waals surface area contributed by atoms with Crippen molar-refractivity contribution in [3.63, 3.8) is 0 Å². The van der Waals surface area contributed by atoms with E-state index < -0.39 is 0 Å². The zero-order valence-electron chi connectivity index (χ0n) is 11.1. The Kier molecular flexibility index (Phi) is 5.10. The van der Waals surface area contributed by atoms with E-state index >= 15 is 0 Å². The number of hydrogen-bond donors (Lipinski definition) is 2. The Bertz CT molecular complexity index is 461. The highest BCUT2D eigenvalue weighted by molar-refractivity contribution is 7.10. The fourth-order valence-corrected chi connectivity index (χ4v) is 2.15. The molecule has 5 nitrogen and oxygen atoms in total. The van der Waals surface area contributed by atoms with Crippen LogP contribution in [0.25, 0.3) is 0 Å². The van der Waals surface area contributed by atoms with Crippen LogP contribution in [0.1, 0.15) is 32.0 Å². The Balaban J connectivity index is 2.61. The van der Waals surface area contributed by atoms with Crippen LogP contribution in [0.4, 0.5) is 5.00 Å². The van der Waals surface area contributed by atoms with Crippen molar-refractivity contribution in [3.8, 4) is 6.07 Å². The number of rotatable bonds is 5. The van der Waals surface area contributed by atoms with E-state index in [4.69, 9.17) is 5.26 Å². The molecule has 18 heavy (non-hydrogen) atoms. The predicted octanol–water partition coefficient (Wildman–Crippen LogP) is 1.90. The first-order valence-corrected chi connectivity index (χ1v) is 6.63. The third kappa shape index (κ3) is 3.70. The first kappa shape index (κ1) is 14.5. The second-order valence-electron chi connectivity index (χ2n) is 4.59. The number of carbonyl (C=O) groups excluding carboxylic acids is 1. The molecule has 0 bridgehead atoms. The van der Waals surface area contributed by atoms with Crippen LogP contribution in [-0.2, 0) is 4.79 Å². The van der Waals surface area contributed by atoms with Gasteiger partial charge in [-0.1, -0.05) is 13.8 Å². The standard InChI is InChI=1S/C12H18N4OS/c1-7(2)6-14-11(17)9(4)15-12-10(5-13)8(3)16-18-12/h7,9,15H,6H2,1-4H3,(H,14,17). The molecule has 2 N–H and O–H groups in total. The number of aryl methyl sites for hydroxylation is 1. The van der Waals surface area contributed by atoms with Gasteiger partial charge < -0.3 is 10.6 Å². The molecule has 1 heterocycles. The van der Waals surface area contributed by atoms with Crippen molar-refractivity contribution in [2.45, 2.75) is 33.7 Å². The highest BCUT2D eigenvalue weighted by Crippen LogP contribution is 2.23. The molecule has 0 aliphatic carbocycles.